The van der Waals surface area contributed by atoms with Crippen molar-refractivity contribution in [3.63, 3.8) is 0 Å². The zero-order valence-corrected chi connectivity index (χ0v) is 18.6. The lowest BCUT2D eigenvalue weighted by molar-refractivity contribution is -0.139. The zero-order chi connectivity index (χ0) is 23.8. The summed E-state index contributed by atoms with van der Waals surface area (Å²) in [5.41, 5.74) is 4.25. The van der Waals surface area contributed by atoms with Crippen molar-refractivity contribution in [1.29, 1.82) is 0 Å². The van der Waals surface area contributed by atoms with Crippen LogP contribution in [0.2, 0.25) is 0 Å². The van der Waals surface area contributed by atoms with E-state index in [0.29, 0.717) is 17.9 Å². The van der Waals surface area contributed by atoms with Gasteiger partial charge in [-0.1, -0.05) is 84.9 Å². The number of rotatable bonds is 9. The normalized spacial score (nSPS) is 11.4. The van der Waals surface area contributed by atoms with E-state index in [0.717, 1.165) is 22.3 Å². The Morgan fingerprint density at radius 3 is 2.03 bits per heavy atom. The molecule has 0 radical (unpaired) electrons. The van der Waals surface area contributed by atoms with Crippen molar-refractivity contribution in [2.45, 2.75) is 19.1 Å². The molecule has 4 aromatic carbocycles. The van der Waals surface area contributed by atoms with Gasteiger partial charge in [-0.3, -0.25) is 4.79 Å². The highest BCUT2D eigenvalue weighted by atomic mass is 16.5. The van der Waals surface area contributed by atoms with Crippen LogP contribution < -0.4 is 10.1 Å². The molecule has 170 valence electrons. The molecule has 4 rings (SSSR count). The number of hydrogen-bond acceptors (Lipinski definition) is 3. The van der Waals surface area contributed by atoms with Crippen LogP contribution in [0.15, 0.2) is 109 Å². The maximum absolute atomic E-state index is 12.7. The van der Waals surface area contributed by atoms with Crippen LogP contribution in [0.5, 0.6) is 5.75 Å². The molecule has 0 aliphatic carbocycles. The second-order valence-corrected chi connectivity index (χ2v) is 7.93. The van der Waals surface area contributed by atoms with Crippen molar-refractivity contribution in [1.82, 2.24) is 5.32 Å². The average Bonchev–Trinajstić information content (AvgIpc) is 2.88. The zero-order valence-electron chi connectivity index (χ0n) is 18.6. The van der Waals surface area contributed by atoms with Crippen LogP contribution in [0.4, 0.5) is 0 Å². The van der Waals surface area contributed by atoms with Gasteiger partial charge in [0.2, 0.25) is 0 Å². The Morgan fingerprint density at radius 2 is 1.35 bits per heavy atom. The second-order valence-electron chi connectivity index (χ2n) is 7.93. The Balaban J connectivity index is 1.39. The Hall–Kier alpha value is -4.38. The summed E-state index contributed by atoms with van der Waals surface area (Å²) in [7, 11) is 0. The van der Waals surface area contributed by atoms with Crippen molar-refractivity contribution in [3.05, 3.63) is 126 Å². The molecule has 0 saturated carbocycles. The molecule has 0 aromatic heterocycles. The third-order valence-electron chi connectivity index (χ3n) is 5.44. The number of carbonyl (C=O) groups is 2. The van der Waals surface area contributed by atoms with Crippen LogP contribution in [-0.2, 0) is 17.8 Å². The summed E-state index contributed by atoms with van der Waals surface area (Å²) < 4.78 is 5.84. The van der Waals surface area contributed by atoms with Crippen molar-refractivity contribution in [3.8, 4) is 16.9 Å². The highest BCUT2D eigenvalue weighted by Gasteiger charge is 2.21. The van der Waals surface area contributed by atoms with Gasteiger partial charge in [-0.05, 0) is 46.5 Å². The van der Waals surface area contributed by atoms with E-state index >= 15 is 0 Å². The lowest BCUT2D eigenvalue weighted by atomic mass is 10.0. The Kier molecular flexibility index (Phi) is 7.35. The summed E-state index contributed by atoms with van der Waals surface area (Å²) in [6, 6.07) is 33.0. The van der Waals surface area contributed by atoms with Crippen LogP contribution in [0.3, 0.4) is 0 Å². The van der Waals surface area contributed by atoms with Crippen molar-refractivity contribution in [2.75, 3.05) is 0 Å². The summed E-state index contributed by atoms with van der Waals surface area (Å²) in [4.78, 5) is 24.6. The number of carbonyl (C=O) groups excluding carboxylic acids is 1. The fourth-order valence-electron chi connectivity index (χ4n) is 3.63. The molecule has 4 aromatic rings. The number of aliphatic carboxylic acids is 1. The first-order valence-electron chi connectivity index (χ1n) is 11.0. The molecule has 0 aliphatic heterocycles. The van der Waals surface area contributed by atoms with Gasteiger partial charge in [0, 0.05) is 12.0 Å². The van der Waals surface area contributed by atoms with Crippen LogP contribution >= 0.6 is 0 Å². The van der Waals surface area contributed by atoms with E-state index in [1.807, 2.05) is 91.0 Å². The van der Waals surface area contributed by atoms with Crippen molar-refractivity contribution >= 4 is 11.9 Å². The van der Waals surface area contributed by atoms with Gasteiger partial charge in [-0.2, -0.15) is 0 Å². The number of nitrogens with one attached hydrogen (secondary N) is 1. The molecular weight excluding hydrogens is 426 g/mol. The molecule has 1 atom stereocenters. The fraction of sp³-hybridized carbons (Fsp3) is 0.103. The average molecular weight is 452 g/mol. The summed E-state index contributed by atoms with van der Waals surface area (Å²) in [6.07, 6.45) is 0.145. The monoisotopic (exact) mass is 451 g/mol. The molecule has 0 spiro atoms. The summed E-state index contributed by atoms with van der Waals surface area (Å²) >= 11 is 0. The molecule has 5 nitrogen and oxygen atoms in total. The molecule has 5 heteroatoms. The predicted molar refractivity (Wildman–Crippen MR) is 132 cm³/mol. The molecular formula is C29H25NO4. The Labute approximate surface area is 198 Å². The summed E-state index contributed by atoms with van der Waals surface area (Å²) in [6.45, 7) is 0.419. The third-order valence-corrected chi connectivity index (χ3v) is 5.44. The molecule has 1 amide bonds. The van der Waals surface area contributed by atoms with Gasteiger partial charge in [0.15, 0.2) is 0 Å². The maximum Gasteiger partial charge on any atom is 0.326 e. The molecule has 34 heavy (non-hydrogen) atoms. The van der Waals surface area contributed by atoms with Gasteiger partial charge >= 0.3 is 5.97 Å². The first-order valence-corrected chi connectivity index (χ1v) is 11.0. The van der Waals surface area contributed by atoms with Crippen molar-refractivity contribution < 1.29 is 19.4 Å². The summed E-state index contributed by atoms with van der Waals surface area (Å²) in [5.74, 6) is -0.873. The lowest BCUT2D eigenvalue weighted by Crippen LogP contribution is -2.42. The van der Waals surface area contributed by atoms with Crippen LogP contribution in [0.25, 0.3) is 11.1 Å². The number of hydrogen-bond donors (Lipinski definition) is 2. The molecule has 0 bridgehead atoms. The van der Waals surface area contributed by atoms with Gasteiger partial charge in [-0.15, -0.1) is 0 Å². The number of ether oxygens (including phenoxy) is 1. The highest BCUT2D eigenvalue weighted by Crippen LogP contribution is 2.20. The van der Waals surface area contributed by atoms with Gasteiger partial charge in [0.05, 0.1) is 0 Å². The van der Waals surface area contributed by atoms with Crippen LogP contribution in [-0.4, -0.2) is 23.0 Å². The van der Waals surface area contributed by atoms with Crippen LogP contribution in [0, 0.1) is 0 Å². The summed E-state index contributed by atoms with van der Waals surface area (Å²) in [5, 5.41) is 12.3. The van der Waals surface area contributed by atoms with E-state index in [2.05, 4.69) is 5.32 Å². The standard InChI is InChI=1S/C29H25NO4/c31-28(25-16-14-24(15-17-25)23-11-5-2-6-12-23)30-27(29(32)33)19-22-10-7-13-26(18-22)34-20-21-8-3-1-4-9-21/h1-18,27H,19-20H2,(H,30,31)(H,32,33)/t27-/m1/s1. The molecule has 0 aliphatic rings. The van der Waals surface area contributed by atoms with E-state index in [1.54, 1.807) is 18.2 Å². The molecule has 0 heterocycles. The van der Waals surface area contributed by atoms with Gasteiger partial charge in [0.1, 0.15) is 18.4 Å². The van der Waals surface area contributed by atoms with Crippen LogP contribution in [0.1, 0.15) is 21.5 Å². The predicted octanol–water partition coefficient (Wildman–Crippen LogP) is 5.36. The first-order chi connectivity index (χ1) is 16.6. The number of carboxylic acid groups (broad SMARTS) is 1. The van der Waals surface area contributed by atoms with E-state index in [4.69, 9.17) is 4.74 Å². The Morgan fingerprint density at radius 1 is 0.735 bits per heavy atom. The minimum atomic E-state index is -1.09. The van der Waals surface area contributed by atoms with E-state index in [9.17, 15) is 14.7 Å². The number of amides is 1. The van der Waals surface area contributed by atoms with Crippen molar-refractivity contribution in [2.24, 2.45) is 0 Å². The number of benzene rings is 4. The molecule has 0 unspecified atom stereocenters. The lowest BCUT2D eigenvalue weighted by Gasteiger charge is -2.16. The maximum atomic E-state index is 12.7. The topological polar surface area (TPSA) is 75.6 Å². The van der Waals surface area contributed by atoms with E-state index < -0.39 is 17.9 Å². The molecule has 2 N–H and O–H groups in total. The number of carboxylic acids is 1. The van der Waals surface area contributed by atoms with Gasteiger partial charge < -0.3 is 15.2 Å². The van der Waals surface area contributed by atoms with E-state index in [1.165, 1.54) is 0 Å². The third kappa shape index (κ3) is 6.11. The first kappa shape index (κ1) is 22.8. The SMILES string of the molecule is O=C(N[C@H](Cc1cccc(OCc2ccccc2)c1)C(=O)O)c1ccc(-c2ccccc2)cc1. The van der Waals surface area contributed by atoms with Gasteiger partial charge in [-0.25, -0.2) is 4.79 Å². The fourth-order valence-corrected chi connectivity index (χ4v) is 3.63. The quantitative estimate of drug-likeness (QED) is 0.359. The molecule has 0 fully saturated rings. The van der Waals surface area contributed by atoms with Gasteiger partial charge in [0.25, 0.3) is 5.91 Å². The smallest absolute Gasteiger partial charge is 0.326 e. The highest BCUT2D eigenvalue weighted by molar-refractivity contribution is 5.97. The Bertz CT molecular complexity index is 1240. The minimum absolute atomic E-state index is 0.145. The second kappa shape index (κ2) is 11.0. The largest absolute Gasteiger partial charge is 0.489 e. The minimum Gasteiger partial charge on any atom is -0.489 e. The van der Waals surface area contributed by atoms with E-state index in [-0.39, 0.29) is 6.42 Å². The molecule has 0 saturated heterocycles.